The van der Waals surface area contributed by atoms with Crippen LogP contribution >= 0.6 is 0 Å². The highest BCUT2D eigenvalue weighted by Crippen LogP contribution is 2.35. The number of nitrogens with one attached hydrogen (secondary N) is 1. The van der Waals surface area contributed by atoms with Crippen molar-refractivity contribution in [2.24, 2.45) is 5.92 Å². The van der Waals surface area contributed by atoms with Crippen LogP contribution in [-0.2, 0) is 11.3 Å². The average Bonchev–Trinajstić information content (AvgIpc) is 3.06. The van der Waals surface area contributed by atoms with Crippen molar-refractivity contribution in [3.05, 3.63) is 29.3 Å². The fourth-order valence-corrected chi connectivity index (χ4v) is 2.71. The van der Waals surface area contributed by atoms with Gasteiger partial charge in [0.1, 0.15) is 0 Å². The third-order valence-corrected chi connectivity index (χ3v) is 4.35. The van der Waals surface area contributed by atoms with Gasteiger partial charge < -0.3 is 4.90 Å². The third kappa shape index (κ3) is 2.32. The number of H-pyrrole nitrogens is 1. The van der Waals surface area contributed by atoms with E-state index in [9.17, 15) is 4.79 Å². The number of aromatic nitrogens is 5. The summed E-state index contributed by atoms with van der Waals surface area (Å²) in [4.78, 5) is 13.8. The van der Waals surface area contributed by atoms with Crippen LogP contribution in [0, 0.1) is 12.8 Å². The van der Waals surface area contributed by atoms with E-state index in [2.05, 4.69) is 20.5 Å². The van der Waals surface area contributed by atoms with Gasteiger partial charge in [0.2, 0.25) is 5.91 Å². The van der Waals surface area contributed by atoms with E-state index < -0.39 is 0 Å². The number of nitrogens with zero attached hydrogens (tertiary/aromatic N) is 5. The van der Waals surface area contributed by atoms with E-state index in [0.29, 0.717) is 24.3 Å². The molecule has 0 aromatic carbocycles. The van der Waals surface area contributed by atoms with Crippen molar-refractivity contribution >= 4 is 5.91 Å². The van der Waals surface area contributed by atoms with Crippen LogP contribution in [0.2, 0.25) is 0 Å². The molecule has 1 saturated heterocycles. The van der Waals surface area contributed by atoms with Crippen molar-refractivity contribution in [1.82, 2.24) is 30.1 Å². The minimum Gasteiger partial charge on any atom is -0.341 e. The molecule has 1 aliphatic carbocycles. The molecule has 2 aliphatic rings. The number of amides is 1. The molecule has 1 amide bonds. The molecule has 3 heterocycles. The smallest absolute Gasteiger partial charge is 0.225 e. The Morgan fingerprint density at radius 3 is 2.90 bits per heavy atom. The van der Waals surface area contributed by atoms with Gasteiger partial charge in [-0.05, 0) is 25.3 Å². The zero-order valence-electron chi connectivity index (χ0n) is 12.0. The van der Waals surface area contributed by atoms with E-state index in [-0.39, 0.29) is 0 Å². The minimum atomic E-state index is 0.310. The maximum absolute atomic E-state index is 11.9. The first-order valence-electron chi connectivity index (χ1n) is 7.38. The Morgan fingerprint density at radius 2 is 2.24 bits per heavy atom. The summed E-state index contributed by atoms with van der Waals surface area (Å²) < 4.78 is 1.82. The number of carbonyl (C=O) groups excluding carboxylic acids is 1. The molecule has 0 atom stereocenters. The maximum atomic E-state index is 11.9. The van der Waals surface area contributed by atoms with E-state index in [1.807, 2.05) is 22.7 Å². The summed E-state index contributed by atoms with van der Waals surface area (Å²) in [5, 5.41) is 15.4. The molecular weight excluding hydrogens is 268 g/mol. The van der Waals surface area contributed by atoms with Crippen LogP contribution in [0.15, 0.2) is 12.4 Å². The molecule has 1 saturated carbocycles. The molecule has 0 bridgehead atoms. The van der Waals surface area contributed by atoms with Crippen molar-refractivity contribution in [3.8, 4) is 0 Å². The molecule has 0 spiro atoms. The number of likely N-dealkylation sites (tertiary alicyclic amines) is 1. The number of hydrogen-bond donors (Lipinski definition) is 1. The van der Waals surface area contributed by atoms with Gasteiger partial charge >= 0.3 is 0 Å². The highest BCUT2D eigenvalue weighted by atomic mass is 16.2. The van der Waals surface area contributed by atoms with Gasteiger partial charge in [0.15, 0.2) is 0 Å². The monoisotopic (exact) mass is 286 g/mol. The summed E-state index contributed by atoms with van der Waals surface area (Å²) >= 11 is 0. The van der Waals surface area contributed by atoms with E-state index in [4.69, 9.17) is 0 Å². The SMILES string of the molecule is Cc1cn[nH]c1Cn1cc(C2CN(C(=O)C3CC3)C2)nn1. The van der Waals surface area contributed by atoms with Crippen molar-refractivity contribution in [2.75, 3.05) is 13.1 Å². The van der Waals surface area contributed by atoms with E-state index in [1.54, 1.807) is 6.20 Å². The van der Waals surface area contributed by atoms with Crippen LogP contribution in [0.25, 0.3) is 0 Å². The largest absolute Gasteiger partial charge is 0.341 e. The lowest BCUT2D eigenvalue weighted by atomic mass is 9.96. The number of hydrogen-bond acceptors (Lipinski definition) is 4. The second-order valence-corrected chi connectivity index (χ2v) is 6.09. The molecule has 2 fully saturated rings. The number of aromatic amines is 1. The van der Waals surface area contributed by atoms with Crippen LogP contribution in [-0.4, -0.2) is 49.1 Å². The standard InChI is InChI=1S/C14H18N6O/c1-9-4-15-16-12(9)7-20-8-13(17-18-20)11-5-19(6-11)14(21)10-2-3-10/h4,8,10-11H,2-3,5-7H2,1H3,(H,15,16). The topological polar surface area (TPSA) is 79.7 Å². The molecule has 1 aliphatic heterocycles. The fourth-order valence-electron chi connectivity index (χ4n) is 2.71. The molecule has 0 unspecified atom stereocenters. The summed E-state index contributed by atoms with van der Waals surface area (Å²) in [5.74, 6) is 0.973. The lowest BCUT2D eigenvalue weighted by Gasteiger charge is -2.38. The van der Waals surface area contributed by atoms with Gasteiger partial charge in [-0.15, -0.1) is 5.10 Å². The van der Waals surface area contributed by atoms with Crippen molar-refractivity contribution < 1.29 is 4.79 Å². The average molecular weight is 286 g/mol. The van der Waals surface area contributed by atoms with Gasteiger partial charge in [0.05, 0.1) is 24.1 Å². The predicted octanol–water partition coefficient (Wildman–Crippen LogP) is 0.694. The second-order valence-electron chi connectivity index (χ2n) is 6.09. The van der Waals surface area contributed by atoms with Crippen LogP contribution < -0.4 is 0 Å². The number of rotatable bonds is 4. The Labute approximate surface area is 122 Å². The molecule has 1 N–H and O–H groups in total. The number of carbonyl (C=O) groups is 1. The molecule has 7 nitrogen and oxygen atoms in total. The molecule has 21 heavy (non-hydrogen) atoms. The van der Waals surface area contributed by atoms with Gasteiger partial charge in [0, 0.05) is 31.1 Å². The first kappa shape index (κ1) is 12.6. The Hall–Kier alpha value is -2.18. The molecule has 110 valence electrons. The van der Waals surface area contributed by atoms with E-state index in [1.165, 1.54) is 0 Å². The lowest BCUT2D eigenvalue weighted by Crippen LogP contribution is -2.49. The third-order valence-electron chi connectivity index (χ3n) is 4.35. The Kier molecular flexibility index (Phi) is 2.80. The second kappa shape index (κ2) is 4.68. The van der Waals surface area contributed by atoms with Gasteiger partial charge in [-0.3, -0.25) is 9.89 Å². The molecule has 2 aromatic rings. The summed E-state index contributed by atoms with van der Waals surface area (Å²) in [7, 11) is 0. The summed E-state index contributed by atoms with van der Waals surface area (Å²) in [6, 6.07) is 0. The quantitative estimate of drug-likeness (QED) is 0.897. The van der Waals surface area contributed by atoms with Gasteiger partial charge in [-0.1, -0.05) is 5.21 Å². The molecular formula is C14H18N6O. The number of aryl methyl sites for hydroxylation is 1. The van der Waals surface area contributed by atoms with Gasteiger partial charge in [0.25, 0.3) is 0 Å². The Bertz CT molecular complexity index is 665. The molecule has 7 heteroatoms. The van der Waals surface area contributed by atoms with E-state index >= 15 is 0 Å². The fraction of sp³-hybridized carbons (Fsp3) is 0.571. The summed E-state index contributed by atoms with van der Waals surface area (Å²) in [6.45, 7) is 4.24. The van der Waals surface area contributed by atoms with Crippen LogP contribution in [0.5, 0.6) is 0 Å². The predicted molar refractivity (Wildman–Crippen MR) is 74.5 cm³/mol. The first-order chi connectivity index (χ1) is 10.2. The van der Waals surface area contributed by atoms with Crippen molar-refractivity contribution in [3.63, 3.8) is 0 Å². The minimum absolute atomic E-state index is 0.310. The normalized spacial score (nSPS) is 18.8. The highest BCUT2D eigenvalue weighted by Gasteiger charge is 2.40. The van der Waals surface area contributed by atoms with Crippen LogP contribution in [0.4, 0.5) is 0 Å². The summed E-state index contributed by atoms with van der Waals surface area (Å²) in [5.41, 5.74) is 3.15. The molecule has 4 rings (SSSR count). The van der Waals surface area contributed by atoms with Crippen molar-refractivity contribution in [2.45, 2.75) is 32.2 Å². The van der Waals surface area contributed by atoms with Crippen molar-refractivity contribution in [1.29, 1.82) is 0 Å². The summed E-state index contributed by atoms with van der Waals surface area (Å²) in [6.07, 6.45) is 5.92. The zero-order valence-corrected chi connectivity index (χ0v) is 12.0. The van der Waals surface area contributed by atoms with Crippen LogP contribution in [0.1, 0.15) is 35.7 Å². The van der Waals surface area contributed by atoms with Crippen LogP contribution in [0.3, 0.4) is 0 Å². The maximum Gasteiger partial charge on any atom is 0.225 e. The Balaban J connectivity index is 1.37. The van der Waals surface area contributed by atoms with Gasteiger partial charge in [-0.2, -0.15) is 5.10 Å². The highest BCUT2D eigenvalue weighted by molar-refractivity contribution is 5.82. The van der Waals surface area contributed by atoms with Gasteiger partial charge in [-0.25, -0.2) is 4.68 Å². The zero-order chi connectivity index (χ0) is 14.4. The first-order valence-corrected chi connectivity index (χ1v) is 7.38. The van der Waals surface area contributed by atoms with E-state index in [0.717, 1.165) is 42.9 Å². The molecule has 2 aromatic heterocycles. The Morgan fingerprint density at radius 1 is 1.43 bits per heavy atom. The lowest BCUT2D eigenvalue weighted by molar-refractivity contribution is -0.137. The molecule has 0 radical (unpaired) electrons.